The van der Waals surface area contributed by atoms with Gasteiger partial charge in [-0.25, -0.2) is 0 Å². The minimum Gasteiger partial charge on any atom is -0.350 e. The molecule has 0 heterocycles. The lowest BCUT2D eigenvalue weighted by Crippen LogP contribution is -2.51. The van der Waals surface area contributed by atoms with Crippen molar-refractivity contribution in [3.05, 3.63) is 0 Å². The molecule has 0 saturated carbocycles. The molecule has 2 atom stereocenters. The number of hydrogen-bond acceptors (Lipinski definition) is 3. The van der Waals surface area contributed by atoms with Crippen LogP contribution in [-0.2, 0) is 4.79 Å². The summed E-state index contributed by atoms with van der Waals surface area (Å²) in [6.45, 7) is 11.1. The third-order valence-corrected chi connectivity index (χ3v) is 3.82. The van der Waals surface area contributed by atoms with Gasteiger partial charge in [0.25, 0.3) is 0 Å². The van der Waals surface area contributed by atoms with Gasteiger partial charge in [-0.3, -0.25) is 4.79 Å². The average molecular weight is 246 g/mol. The molecule has 2 N–H and O–H groups in total. The van der Waals surface area contributed by atoms with Gasteiger partial charge >= 0.3 is 0 Å². The minimum atomic E-state index is -0.125. The second-order valence-electron chi connectivity index (χ2n) is 4.90. The van der Waals surface area contributed by atoms with Crippen molar-refractivity contribution in [2.75, 3.05) is 12.8 Å². The number of rotatable bonds is 7. The molecule has 0 fully saturated rings. The normalized spacial score (nSPS) is 15.6. The van der Waals surface area contributed by atoms with Crippen molar-refractivity contribution in [3.8, 4) is 0 Å². The molecule has 96 valence electrons. The predicted octanol–water partition coefficient (Wildman–Crippen LogP) is 2.02. The highest BCUT2D eigenvalue weighted by Crippen LogP contribution is 2.07. The summed E-state index contributed by atoms with van der Waals surface area (Å²) in [6.07, 6.45) is 3.02. The van der Waals surface area contributed by atoms with Crippen LogP contribution in [0.5, 0.6) is 0 Å². The SMILES string of the molecule is CCC(C)(C)NC(=O)C(C)NCC(C)SC. The fourth-order valence-electron chi connectivity index (χ4n) is 1.05. The molecule has 0 aromatic heterocycles. The Kier molecular flexibility index (Phi) is 7.07. The Balaban J connectivity index is 4.00. The molecule has 3 nitrogen and oxygen atoms in total. The zero-order valence-corrected chi connectivity index (χ0v) is 12.2. The third-order valence-electron chi connectivity index (χ3n) is 2.85. The molecular weight excluding hydrogens is 220 g/mol. The number of amides is 1. The van der Waals surface area contributed by atoms with Gasteiger partial charge in [-0.1, -0.05) is 13.8 Å². The Morgan fingerprint density at radius 3 is 2.38 bits per heavy atom. The van der Waals surface area contributed by atoms with E-state index in [-0.39, 0.29) is 17.5 Å². The van der Waals surface area contributed by atoms with E-state index in [9.17, 15) is 4.79 Å². The van der Waals surface area contributed by atoms with Crippen molar-refractivity contribution < 1.29 is 4.79 Å². The Morgan fingerprint density at radius 2 is 1.94 bits per heavy atom. The maximum Gasteiger partial charge on any atom is 0.237 e. The largest absolute Gasteiger partial charge is 0.350 e. The lowest BCUT2D eigenvalue weighted by molar-refractivity contribution is -0.124. The van der Waals surface area contributed by atoms with Crippen molar-refractivity contribution in [1.82, 2.24) is 10.6 Å². The first-order valence-electron chi connectivity index (χ1n) is 5.90. The van der Waals surface area contributed by atoms with E-state index in [4.69, 9.17) is 0 Å². The number of nitrogens with one attached hydrogen (secondary N) is 2. The molecule has 1 amide bonds. The summed E-state index contributed by atoms with van der Waals surface area (Å²) in [5.74, 6) is 0.0835. The third kappa shape index (κ3) is 6.38. The second kappa shape index (κ2) is 7.17. The summed E-state index contributed by atoms with van der Waals surface area (Å²) in [5.41, 5.74) is -0.113. The Hall–Kier alpha value is -0.220. The van der Waals surface area contributed by atoms with Crippen LogP contribution in [0.1, 0.15) is 41.0 Å². The Bertz CT molecular complexity index is 219. The molecule has 0 aliphatic carbocycles. The highest BCUT2D eigenvalue weighted by Gasteiger charge is 2.21. The van der Waals surface area contributed by atoms with E-state index in [0.29, 0.717) is 5.25 Å². The molecule has 0 saturated heterocycles. The zero-order valence-electron chi connectivity index (χ0n) is 11.4. The Morgan fingerprint density at radius 1 is 1.38 bits per heavy atom. The monoisotopic (exact) mass is 246 g/mol. The van der Waals surface area contributed by atoms with Crippen LogP contribution in [0, 0.1) is 0 Å². The van der Waals surface area contributed by atoms with E-state index in [0.717, 1.165) is 13.0 Å². The number of carbonyl (C=O) groups is 1. The quantitative estimate of drug-likeness (QED) is 0.722. The van der Waals surface area contributed by atoms with Crippen LogP contribution in [-0.4, -0.2) is 35.5 Å². The van der Waals surface area contributed by atoms with Crippen LogP contribution in [0.2, 0.25) is 0 Å². The zero-order chi connectivity index (χ0) is 12.8. The molecule has 0 aliphatic heterocycles. The van der Waals surface area contributed by atoms with Crippen LogP contribution in [0.4, 0.5) is 0 Å². The summed E-state index contributed by atoms with van der Waals surface area (Å²) >= 11 is 1.80. The molecule has 0 spiro atoms. The fourth-order valence-corrected chi connectivity index (χ4v) is 1.31. The van der Waals surface area contributed by atoms with Gasteiger partial charge in [-0.15, -0.1) is 0 Å². The van der Waals surface area contributed by atoms with Gasteiger partial charge in [0.2, 0.25) is 5.91 Å². The van der Waals surface area contributed by atoms with Crippen molar-refractivity contribution in [1.29, 1.82) is 0 Å². The molecule has 0 aliphatic rings. The van der Waals surface area contributed by atoms with Crippen molar-refractivity contribution in [2.45, 2.75) is 57.9 Å². The smallest absolute Gasteiger partial charge is 0.237 e. The van der Waals surface area contributed by atoms with Crippen LogP contribution in [0.3, 0.4) is 0 Å². The summed E-state index contributed by atoms with van der Waals surface area (Å²) in [4.78, 5) is 11.8. The van der Waals surface area contributed by atoms with E-state index >= 15 is 0 Å². The maximum absolute atomic E-state index is 11.8. The number of carbonyl (C=O) groups excluding carboxylic acids is 1. The fraction of sp³-hybridized carbons (Fsp3) is 0.917. The van der Waals surface area contributed by atoms with Crippen LogP contribution >= 0.6 is 11.8 Å². The summed E-state index contributed by atoms with van der Waals surface area (Å²) in [7, 11) is 0. The van der Waals surface area contributed by atoms with E-state index in [1.165, 1.54) is 0 Å². The molecular formula is C12H26N2OS. The first-order chi connectivity index (χ1) is 7.32. The Labute approximate surface area is 104 Å². The van der Waals surface area contributed by atoms with Crippen LogP contribution in [0.15, 0.2) is 0 Å². The maximum atomic E-state index is 11.8. The highest BCUT2D eigenvalue weighted by atomic mass is 32.2. The van der Waals surface area contributed by atoms with Crippen molar-refractivity contribution >= 4 is 17.7 Å². The van der Waals surface area contributed by atoms with E-state index in [1.54, 1.807) is 11.8 Å². The first kappa shape index (κ1) is 15.8. The average Bonchev–Trinajstić information content (AvgIpc) is 2.24. The molecule has 0 bridgehead atoms. The molecule has 4 heteroatoms. The van der Waals surface area contributed by atoms with Gasteiger partial charge in [0, 0.05) is 17.3 Å². The molecule has 0 aromatic rings. The topological polar surface area (TPSA) is 41.1 Å². The van der Waals surface area contributed by atoms with Gasteiger partial charge < -0.3 is 10.6 Å². The van der Waals surface area contributed by atoms with Crippen molar-refractivity contribution in [2.24, 2.45) is 0 Å². The minimum absolute atomic E-state index is 0.0835. The lowest BCUT2D eigenvalue weighted by atomic mass is 10.0. The van der Waals surface area contributed by atoms with Gasteiger partial charge in [-0.05, 0) is 33.4 Å². The summed E-state index contributed by atoms with van der Waals surface area (Å²) < 4.78 is 0. The number of hydrogen-bond donors (Lipinski definition) is 2. The summed E-state index contributed by atoms with van der Waals surface area (Å²) in [6, 6.07) is -0.125. The summed E-state index contributed by atoms with van der Waals surface area (Å²) in [5, 5.41) is 6.82. The lowest BCUT2D eigenvalue weighted by Gasteiger charge is -2.27. The van der Waals surface area contributed by atoms with Gasteiger partial charge in [0.1, 0.15) is 0 Å². The van der Waals surface area contributed by atoms with E-state index in [1.807, 2.05) is 20.8 Å². The van der Waals surface area contributed by atoms with E-state index in [2.05, 4.69) is 30.7 Å². The highest BCUT2D eigenvalue weighted by molar-refractivity contribution is 7.99. The van der Waals surface area contributed by atoms with E-state index < -0.39 is 0 Å². The molecule has 0 rings (SSSR count). The van der Waals surface area contributed by atoms with Gasteiger partial charge in [-0.2, -0.15) is 11.8 Å². The van der Waals surface area contributed by atoms with Crippen LogP contribution < -0.4 is 10.6 Å². The molecule has 16 heavy (non-hydrogen) atoms. The van der Waals surface area contributed by atoms with Crippen LogP contribution in [0.25, 0.3) is 0 Å². The second-order valence-corrected chi connectivity index (χ2v) is 6.18. The molecule has 0 radical (unpaired) electrons. The molecule has 2 unspecified atom stereocenters. The number of thioether (sulfide) groups is 1. The predicted molar refractivity (Wildman–Crippen MR) is 73.0 cm³/mol. The van der Waals surface area contributed by atoms with Gasteiger partial charge in [0.15, 0.2) is 0 Å². The van der Waals surface area contributed by atoms with Crippen molar-refractivity contribution in [3.63, 3.8) is 0 Å². The first-order valence-corrected chi connectivity index (χ1v) is 7.19. The van der Waals surface area contributed by atoms with Gasteiger partial charge in [0.05, 0.1) is 6.04 Å². The standard InChI is InChI=1S/C12H26N2OS/c1-7-12(4,5)14-11(15)10(3)13-8-9(2)16-6/h9-10,13H,7-8H2,1-6H3,(H,14,15). The molecule has 0 aromatic carbocycles.